The highest BCUT2D eigenvalue weighted by atomic mass is 19.1. The Hall–Kier alpha value is -3.37. The van der Waals surface area contributed by atoms with Crippen LogP contribution < -0.4 is 10.6 Å². The summed E-state index contributed by atoms with van der Waals surface area (Å²) in [7, 11) is 3.46. The van der Waals surface area contributed by atoms with Crippen molar-refractivity contribution in [2.45, 2.75) is 103 Å². The quantitative estimate of drug-likeness (QED) is 0.217. The number of esters is 1. The van der Waals surface area contributed by atoms with E-state index in [-0.39, 0.29) is 29.7 Å². The molecule has 260 valence electrons. The van der Waals surface area contributed by atoms with Gasteiger partial charge in [0.05, 0.1) is 31.8 Å². The van der Waals surface area contributed by atoms with Crippen LogP contribution in [-0.4, -0.2) is 63.4 Å². The van der Waals surface area contributed by atoms with Gasteiger partial charge in [-0.25, -0.2) is 14.4 Å². The monoisotopic (exact) mass is 659 g/mol. The second-order valence-corrected chi connectivity index (χ2v) is 14.6. The molecule has 2 aromatic heterocycles. The van der Waals surface area contributed by atoms with Crippen molar-refractivity contribution in [1.29, 1.82) is 0 Å². The van der Waals surface area contributed by atoms with Gasteiger partial charge in [0.2, 0.25) is 0 Å². The highest BCUT2D eigenvalue weighted by Gasteiger charge is 2.32. The maximum atomic E-state index is 14.3. The minimum atomic E-state index is -0.189. The Labute approximate surface area is 285 Å². The normalized spacial score (nSPS) is 24.4. The zero-order valence-corrected chi connectivity index (χ0v) is 29.3. The van der Waals surface area contributed by atoms with Gasteiger partial charge < -0.3 is 20.3 Å². The standard InChI is InChI=1S/C38H54FN7O2/c1-5-33(26-11-13-27(14-12-26)38(47)48-4)40-21-36-42-34-16-15-29(28-9-6-10-31(39)18-28)19-32(34)37(44-36)43-35(30-20-41-45(3)23-30)24-46-17-7-8-25(2)22-46/h6,9-10,18,20,23,25-27,29,33,35,40H,5,7-8,11-17,19,21-22,24H2,1-4H3,(H,42,43,44)/t25-,26?,27?,29+,33+,35-/m0/s1. The number of ether oxygens (including phenoxy) is 1. The van der Waals surface area contributed by atoms with Crippen molar-refractivity contribution in [3.05, 3.63) is 70.7 Å². The molecule has 0 radical (unpaired) electrons. The van der Waals surface area contributed by atoms with Gasteiger partial charge >= 0.3 is 5.97 Å². The fourth-order valence-corrected chi connectivity index (χ4v) is 8.43. The SMILES string of the molecule is CC[C@@H](NCc1nc2c(c(N[C@@H](CN3CCC[C@H](C)C3)c3cnn(C)c3)n1)C[C@H](c1cccc(F)c1)CC2)C1CCC(C(=O)OC)CC1. The molecular weight excluding hydrogens is 605 g/mol. The summed E-state index contributed by atoms with van der Waals surface area (Å²) in [5.74, 6) is 2.88. The van der Waals surface area contributed by atoms with Gasteiger partial charge in [-0.05, 0) is 106 Å². The number of methoxy groups -OCH3 is 1. The van der Waals surface area contributed by atoms with Gasteiger partial charge in [-0.2, -0.15) is 5.10 Å². The number of hydrogen-bond donors (Lipinski definition) is 2. The minimum absolute atomic E-state index is 0.0201. The van der Waals surface area contributed by atoms with Crippen molar-refractivity contribution in [2.75, 3.05) is 32.1 Å². The molecule has 48 heavy (non-hydrogen) atoms. The first kappa shape index (κ1) is 34.5. The molecule has 2 fully saturated rings. The Morgan fingerprint density at radius 3 is 2.69 bits per heavy atom. The van der Waals surface area contributed by atoms with Crippen molar-refractivity contribution in [3.63, 3.8) is 0 Å². The Bertz CT molecular complexity index is 1520. The maximum Gasteiger partial charge on any atom is 0.308 e. The molecule has 0 unspecified atom stereocenters. The van der Waals surface area contributed by atoms with E-state index in [1.165, 1.54) is 26.0 Å². The Kier molecular flexibility index (Phi) is 11.4. The number of halogens is 1. The van der Waals surface area contributed by atoms with Crippen LogP contribution in [-0.2, 0) is 36.0 Å². The van der Waals surface area contributed by atoms with E-state index in [1.54, 1.807) is 6.07 Å². The van der Waals surface area contributed by atoms with E-state index < -0.39 is 0 Å². The lowest BCUT2D eigenvalue weighted by atomic mass is 9.78. The predicted octanol–water partition coefficient (Wildman–Crippen LogP) is 6.35. The molecule has 1 saturated heterocycles. The number of benzene rings is 1. The van der Waals surface area contributed by atoms with Crippen LogP contribution in [0, 0.1) is 23.6 Å². The second-order valence-electron chi connectivity index (χ2n) is 14.6. The number of piperidine rings is 1. The predicted molar refractivity (Wildman–Crippen MR) is 186 cm³/mol. The summed E-state index contributed by atoms with van der Waals surface area (Å²) in [6, 6.07) is 7.41. The molecule has 1 aromatic carbocycles. The first-order valence-corrected chi connectivity index (χ1v) is 18.2. The third-order valence-electron chi connectivity index (χ3n) is 11.1. The molecular formula is C38H54FN7O2. The van der Waals surface area contributed by atoms with Crippen LogP contribution in [0.15, 0.2) is 36.7 Å². The number of anilines is 1. The van der Waals surface area contributed by atoms with Crippen molar-refractivity contribution in [1.82, 2.24) is 30.0 Å². The third kappa shape index (κ3) is 8.43. The van der Waals surface area contributed by atoms with Gasteiger partial charge in [0.1, 0.15) is 17.5 Å². The van der Waals surface area contributed by atoms with Crippen molar-refractivity contribution >= 4 is 11.8 Å². The van der Waals surface area contributed by atoms with E-state index in [1.807, 2.05) is 30.1 Å². The number of likely N-dealkylation sites (tertiary alicyclic amines) is 1. The number of nitrogens with zero attached hydrogens (tertiary/aromatic N) is 5. The van der Waals surface area contributed by atoms with Crippen LogP contribution >= 0.6 is 0 Å². The fourth-order valence-electron chi connectivity index (χ4n) is 8.43. The van der Waals surface area contributed by atoms with Gasteiger partial charge in [0.15, 0.2) is 0 Å². The molecule has 3 aromatic rings. The lowest BCUT2D eigenvalue weighted by Crippen LogP contribution is -2.39. The molecule has 0 bridgehead atoms. The van der Waals surface area contributed by atoms with E-state index >= 15 is 0 Å². The smallest absolute Gasteiger partial charge is 0.308 e. The number of aromatic nitrogens is 4. The molecule has 3 aliphatic rings. The molecule has 0 spiro atoms. The summed E-state index contributed by atoms with van der Waals surface area (Å²) in [6.45, 7) is 8.24. The van der Waals surface area contributed by atoms with Crippen molar-refractivity contribution in [2.24, 2.45) is 24.8 Å². The average molecular weight is 660 g/mol. The largest absolute Gasteiger partial charge is 0.469 e. The molecule has 2 aliphatic carbocycles. The van der Waals surface area contributed by atoms with Gasteiger partial charge in [-0.3, -0.25) is 9.48 Å². The summed E-state index contributed by atoms with van der Waals surface area (Å²) in [5.41, 5.74) is 4.43. The number of fused-ring (bicyclic) bond motifs is 1. The molecule has 6 rings (SSSR count). The Balaban J connectivity index is 1.25. The zero-order valence-electron chi connectivity index (χ0n) is 29.3. The molecule has 1 saturated carbocycles. The third-order valence-corrected chi connectivity index (χ3v) is 11.1. The van der Waals surface area contributed by atoms with E-state index in [4.69, 9.17) is 14.7 Å². The highest BCUT2D eigenvalue weighted by molar-refractivity contribution is 5.72. The molecule has 3 heterocycles. The van der Waals surface area contributed by atoms with E-state index in [9.17, 15) is 9.18 Å². The summed E-state index contributed by atoms with van der Waals surface area (Å²) in [5, 5.41) is 12.3. The Morgan fingerprint density at radius 2 is 1.98 bits per heavy atom. The molecule has 4 atom stereocenters. The summed E-state index contributed by atoms with van der Waals surface area (Å²) in [6.07, 6.45) is 13.9. The van der Waals surface area contributed by atoms with Gasteiger partial charge in [-0.15, -0.1) is 0 Å². The summed E-state index contributed by atoms with van der Waals surface area (Å²) >= 11 is 0. The van der Waals surface area contributed by atoms with E-state index in [0.29, 0.717) is 24.4 Å². The second kappa shape index (κ2) is 15.9. The summed E-state index contributed by atoms with van der Waals surface area (Å²) in [4.78, 5) is 25.1. The lowest BCUT2D eigenvalue weighted by Gasteiger charge is -2.35. The van der Waals surface area contributed by atoms with Crippen LogP contribution in [0.5, 0.6) is 0 Å². The zero-order chi connectivity index (χ0) is 33.6. The number of rotatable bonds is 12. The number of carbonyl (C=O) groups excluding carboxylic acids is 1. The lowest BCUT2D eigenvalue weighted by molar-refractivity contribution is -0.146. The number of aryl methyl sites for hydroxylation is 2. The van der Waals surface area contributed by atoms with Crippen LogP contribution in [0.25, 0.3) is 0 Å². The molecule has 0 amide bonds. The van der Waals surface area contributed by atoms with Crippen LogP contribution in [0.3, 0.4) is 0 Å². The van der Waals surface area contributed by atoms with Gasteiger partial charge in [0, 0.05) is 49.2 Å². The maximum absolute atomic E-state index is 14.3. The van der Waals surface area contributed by atoms with Gasteiger partial charge in [0.25, 0.3) is 0 Å². The molecule has 2 N–H and O–H groups in total. The van der Waals surface area contributed by atoms with Crippen molar-refractivity contribution in [3.8, 4) is 0 Å². The van der Waals surface area contributed by atoms with E-state index in [2.05, 4.69) is 40.7 Å². The fraction of sp³-hybridized carbons (Fsp3) is 0.632. The number of nitrogens with one attached hydrogen (secondary N) is 2. The average Bonchev–Trinajstić information content (AvgIpc) is 3.54. The highest BCUT2D eigenvalue weighted by Crippen LogP contribution is 2.37. The first-order chi connectivity index (χ1) is 23.3. The number of hydrogen-bond acceptors (Lipinski definition) is 8. The van der Waals surface area contributed by atoms with Crippen LogP contribution in [0.2, 0.25) is 0 Å². The minimum Gasteiger partial charge on any atom is -0.469 e. The molecule has 1 aliphatic heterocycles. The first-order valence-electron chi connectivity index (χ1n) is 18.2. The summed E-state index contributed by atoms with van der Waals surface area (Å²) < 4.78 is 21.2. The Morgan fingerprint density at radius 1 is 1.15 bits per heavy atom. The molecule has 10 heteroatoms. The van der Waals surface area contributed by atoms with E-state index in [0.717, 1.165) is 105 Å². The topological polar surface area (TPSA) is 97.2 Å². The van der Waals surface area contributed by atoms with Crippen molar-refractivity contribution < 1.29 is 13.9 Å². The number of carbonyl (C=O) groups is 1. The molecule has 9 nitrogen and oxygen atoms in total. The van der Waals surface area contributed by atoms with Crippen LogP contribution in [0.1, 0.15) is 105 Å². The van der Waals surface area contributed by atoms with Crippen LogP contribution in [0.4, 0.5) is 10.2 Å². The van der Waals surface area contributed by atoms with Gasteiger partial charge in [-0.1, -0.05) is 26.0 Å².